The molecule has 9 nitrogen and oxygen atoms in total. The van der Waals surface area contributed by atoms with Crippen molar-refractivity contribution in [2.24, 2.45) is 0 Å². The second-order valence-electron chi connectivity index (χ2n) is 11.0. The molecule has 41 heavy (non-hydrogen) atoms. The van der Waals surface area contributed by atoms with Crippen LogP contribution in [0.15, 0.2) is 36.5 Å². The zero-order chi connectivity index (χ0) is 30.8. The highest BCUT2D eigenvalue weighted by Crippen LogP contribution is 2.38. The molecule has 0 fully saturated rings. The Labute approximate surface area is 249 Å². The number of likely N-dealkylation sites (N-methyl/N-ethyl adjacent to an activating group) is 1. The van der Waals surface area contributed by atoms with Gasteiger partial charge in [0.1, 0.15) is 19.8 Å². The van der Waals surface area contributed by atoms with E-state index in [2.05, 4.69) is 43.4 Å². The number of carbonyl (C=O) groups excluding carboxylic acids is 2. The van der Waals surface area contributed by atoms with E-state index in [-0.39, 0.29) is 26.1 Å². The number of nitrogens with zero attached hydrogens (tertiary/aromatic N) is 1. The van der Waals surface area contributed by atoms with E-state index in [0.717, 1.165) is 44.9 Å². The predicted molar refractivity (Wildman–Crippen MR) is 162 cm³/mol. The molecule has 0 aromatic carbocycles. The quantitative estimate of drug-likeness (QED) is 0.0367. The number of phosphoric acid groups is 1. The summed E-state index contributed by atoms with van der Waals surface area (Å²) in [6.07, 6.45) is 24.1. The standard InChI is InChI=1S/C31H56NO8P/c1-6-8-9-10-11-12-13-14-15-16-17-18-19-20-21-22-23-24-31(34)40-29(27-37-30(33)7-2)28-39-41(35,36)38-26-25-32(3,4)5/h8-9,11-12,14-15,29H,6-7,10,13,16-28H2,1-5H3/b9-8-,12-11-,15-14-. The molecule has 0 saturated heterocycles. The van der Waals surface area contributed by atoms with Gasteiger partial charge in [-0.15, -0.1) is 0 Å². The van der Waals surface area contributed by atoms with Crippen LogP contribution in [0.2, 0.25) is 0 Å². The maximum atomic E-state index is 12.3. The maximum Gasteiger partial charge on any atom is 0.306 e. The summed E-state index contributed by atoms with van der Waals surface area (Å²) in [7, 11) is 1.14. The third-order valence-corrected chi connectivity index (χ3v) is 6.94. The van der Waals surface area contributed by atoms with Gasteiger partial charge in [-0.3, -0.25) is 14.2 Å². The molecule has 2 unspecified atom stereocenters. The number of allylic oxidation sites excluding steroid dienone is 6. The minimum Gasteiger partial charge on any atom is -0.756 e. The van der Waals surface area contributed by atoms with Crippen molar-refractivity contribution in [1.29, 1.82) is 0 Å². The molecule has 0 heterocycles. The number of hydrogen-bond acceptors (Lipinski definition) is 8. The molecular weight excluding hydrogens is 545 g/mol. The smallest absolute Gasteiger partial charge is 0.306 e. The number of esters is 2. The fraction of sp³-hybridized carbons (Fsp3) is 0.742. The zero-order valence-corrected chi connectivity index (χ0v) is 27.1. The highest BCUT2D eigenvalue weighted by atomic mass is 31.2. The number of phosphoric ester groups is 1. The molecule has 238 valence electrons. The summed E-state index contributed by atoms with van der Waals surface area (Å²) in [5.74, 6) is -0.952. The summed E-state index contributed by atoms with van der Waals surface area (Å²) >= 11 is 0. The van der Waals surface area contributed by atoms with Gasteiger partial charge in [-0.2, -0.15) is 0 Å². The molecular formula is C31H56NO8P. The van der Waals surface area contributed by atoms with Gasteiger partial charge in [0.2, 0.25) is 0 Å². The highest BCUT2D eigenvalue weighted by Gasteiger charge is 2.21. The average molecular weight is 602 g/mol. The van der Waals surface area contributed by atoms with Crippen molar-refractivity contribution in [2.75, 3.05) is 47.5 Å². The molecule has 0 bridgehead atoms. The second-order valence-corrected chi connectivity index (χ2v) is 12.5. The Balaban J connectivity index is 4.12. The van der Waals surface area contributed by atoms with E-state index in [1.54, 1.807) is 6.92 Å². The van der Waals surface area contributed by atoms with Gasteiger partial charge >= 0.3 is 11.9 Å². The first kappa shape index (κ1) is 39.2. The van der Waals surface area contributed by atoms with E-state index in [9.17, 15) is 19.0 Å². The lowest BCUT2D eigenvalue weighted by atomic mass is 10.1. The van der Waals surface area contributed by atoms with E-state index in [1.165, 1.54) is 19.3 Å². The third kappa shape index (κ3) is 28.1. The van der Waals surface area contributed by atoms with Crippen LogP contribution < -0.4 is 4.89 Å². The molecule has 0 aliphatic heterocycles. The van der Waals surface area contributed by atoms with Gasteiger partial charge in [0.05, 0.1) is 27.7 Å². The van der Waals surface area contributed by atoms with Crippen molar-refractivity contribution in [2.45, 2.75) is 103 Å². The Kier molecular flexibility index (Phi) is 23.7. The topological polar surface area (TPSA) is 111 Å². The van der Waals surface area contributed by atoms with Crippen LogP contribution in [0.4, 0.5) is 0 Å². The molecule has 10 heteroatoms. The lowest BCUT2D eigenvalue weighted by molar-refractivity contribution is -0.870. The minimum atomic E-state index is -4.59. The summed E-state index contributed by atoms with van der Waals surface area (Å²) in [4.78, 5) is 35.9. The number of hydrogen-bond donors (Lipinski definition) is 0. The van der Waals surface area contributed by atoms with Gasteiger partial charge in [0.25, 0.3) is 7.82 Å². The van der Waals surface area contributed by atoms with Crippen LogP contribution >= 0.6 is 7.82 Å². The van der Waals surface area contributed by atoms with E-state index >= 15 is 0 Å². The average Bonchev–Trinajstić information content (AvgIpc) is 2.90. The monoisotopic (exact) mass is 601 g/mol. The van der Waals surface area contributed by atoms with Crippen LogP contribution in [0.5, 0.6) is 0 Å². The Hall–Kier alpha value is -1.77. The maximum absolute atomic E-state index is 12.3. The van der Waals surface area contributed by atoms with Crippen LogP contribution in [0, 0.1) is 0 Å². The molecule has 0 rings (SSSR count). The normalized spacial score (nSPS) is 14.6. The van der Waals surface area contributed by atoms with E-state index in [4.69, 9.17) is 18.5 Å². The number of ether oxygens (including phenoxy) is 2. The Bertz CT molecular complexity index is 819. The van der Waals surface area contributed by atoms with Gasteiger partial charge in [-0.05, 0) is 38.5 Å². The van der Waals surface area contributed by atoms with Crippen molar-refractivity contribution < 1.29 is 42.1 Å². The fourth-order valence-corrected chi connectivity index (χ4v) is 4.26. The van der Waals surface area contributed by atoms with Crippen LogP contribution in [-0.4, -0.2) is 70.0 Å². The molecule has 0 spiro atoms. The molecule has 0 amide bonds. The first-order valence-electron chi connectivity index (χ1n) is 15.2. The lowest BCUT2D eigenvalue weighted by Crippen LogP contribution is -2.37. The second kappa shape index (κ2) is 24.8. The predicted octanol–water partition coefficient (Wildman–Crippen LogP) is 6.43. The molecule has 0 aliphatic rings. The minimum absolute atomic E-state index is 0.0357. The molecule has 0 N–H and O–H groups in total. The van der Waals surface area contributed by atoms with E-state index in [1.807, 2.05) is 21.1 Å². The lowest BCUT2D eigenvalue weighted by Gasteiger charge is -2.28. The van der Waals surface area contributed by atoms with Gasteiger partial charge < -0.3 is 27.9 Å². The molecule has 0 aromatic rings. The summed E-state index contributed by atoms with van der Waals surface area (Å²) < 4.78 is 32.8. The van der Waals surface area contributed by atoms with Crippen molar-refractivity contribution >= 4 is 19.8 Å². The molecule has 0 aromatic heterocycles. The van der Waals surface area contributed by atoms with E-state index < -0.39 is 32.5 Å². The van der Waals surface area contributed by atoms with Gasteiger partial charge in [-0.25, -0.2) is 0 Å². The summed E-state index contributed by atoms with van der Waals surface area (Å²) in [6, 6.07) is 0. The van der Waals surface area contributed by atoms with E-state index in [0.29, 0.717) is 17.4 Å². The first-order valence-corrected chi connectivity index (χ1v) is 16.7. The molecule has 0 radical (unpaired) electrons. The Morgan fingerprint density at radius 1 is 0.780 bits per heavy atom. The molecule has 2 atom stereocenters. The van der Waals surface area contributed by atoms with Crippen LogP contribution in [0.25, 0.3) is 0 Å². The van der Waals surface area contributed by atoms with Crippen molar-refractivity contribution in [1.82, 2.24) is 0 Å². The Morgan fingerprint density at radius 2 is 1.37 bits per heavy atom. The molecule has 0 aliphatic carbocycles. The number of carbonyl (C=O) groups is 2. The van der Waals surface area contributed by atoms with Crippen LogP contribution in [-0.2, 0) is 32.7 Å². The number of rotatable bonds is 26. The first-order chi connectivity index (χ1) is 19.5. The van der Waals surface area contributed by atoms with Crippen molar-refractivity contribution in [3.63, 3.8) is 0 Å². The largest absolute Gasteiger partial charge is 0.756 e. The van der Waals surface area contributed by atoms with Gasteiger partial charge in [-0.1, -0.05) is 82.4 Å². The summed E-state index contributed by atoms with van der Waals surface area (Å²) in [5, 5.41) is 0. The SMILES string of the molecule is CC/C=C\C/C=C\C/C=C\CCCCCCCCCC(=O)OC(COC(=O)CC)COP(=O)([O-])OCC[N+](C)(C)C. The summed E-state index contributed by atoms with van der Waals surface area (Å²) in [5.41, 5.74) is 0. The molecule has 0 saturated carbocycles. The van der Waals surface area contributed by atoms with Crippen molar-refractivity contribution in [3.8, 4) is 0 Å². The fourth-order valence-electron chi connectivity index (χ4n) is 3.53. The van der Waals surface area contributed by atoms with Gasteiger partial charge in [0.15, 0.2) is 6.10 Å². The van der Waals surface area contributed by atoms with Crippen LogP contribution in [0.1, 0.15) is 97.3 Å². The van der Waals surface area contributed by atoms with Crippen molar-refractivity contribution in [3.05, 3.63) is 36.5 Å². The third-order valence-electron chi connectivity index (χ3n) is 5.98. The number of unbranched alkanes of at least 4 members (excludes halogenated alkanes) is 7. The summed E-state index contributed by atoms with van der Waals surface area (Å²) in [6.45, 7) is 3.46. The zero-order valence-electron chi connectivity index (χ0n) is 26.2. The van der Waals surface area contributed by atoms with Gasteiger partial charge in [0, 0.05) is 12.8 Å². The Morgan fingerprint density at radius 3 is 1.98 bits per heavy atom. The number of quaternary nitrogens is 1. The highest BCUT2D eigenvalue weighted by molar-refractivity contribution is 7.45. The van der Waals surface area contributed by atoms with Crippen LogP contribution in [0.3, 0.4) is 0 Å².